The van der Waals surface area contributed by atoms with E-state index in [1.165, 1.54) is 6.92 Å². The number of amides is 1. The Hall–Kier alpha value is -3.23. The summed E-state index contributed by atoms with van der Waals surface area (Å²) in [4.78, 5) is 36.7. The summed E-state index contributed by atoms with van der Waals surface area (Å²) >= 11 is 0. The van der Waals surface area contributed by atoms with E-state index in [2.05, 4.69) is 5.32 Å². The lowest BCUT2D eigenvalue weighted by Gasteiger charge is -2.40. The molecule has 3 rings (SSSR count). The highest BCUT2D eigenvalue weighted by molar-refractivity contribution is 5.90. The van der Waals surface area contributed by atoms with Gasteiger partial charge in [-0.3, -0.25) is 4.79 Å². The Morgan fingerprint density at radius 2 is 1.56 bits per heavy atom. The average molecular weight is 441 g/mol. The van der Waals surface area contributed by atoms with Gasteiger partial charge in [-0.25, -0.2) is 9.59 Å². The molecule has 2 aromatic rings. The van der Waals surface area contributed by atoms with Gasteiger partial charge in [-0.05, 0) is 31.2 Å². The van der Waals surface area contributed by atoms with E-state index in [1.807, 2.05) is 0 Å². The number of carbonyl (C=O) groups excluding carboxylic acids is 3. The van der Waals surface area contributed by atoms with Gasteiger partial charge < -0.3 is 24.3 Å². The number of hydrogen-bond donors (Lipinski definition) is 1. The van der Waals surface area contributed by atoms with Gasteiger partial charge in [0, 0.05) is 20.0 Å². The van der Waals surface area contributed by atoms with Crippen LogP contribution < -0.4 is 5.32 Å². The van der Waals surface area contributed by atoms with Crippen molar-refractivity contribution in [1.82, 2.24) is 5.32 Å². The van der Waals surface area contributed by atoms with E-state index in [0.717, 1.165) is 0 Å². The molecule has 4 unspecified atom stereocenters. The topological polar surface area (TPSA) is 100 Å². The van der Waals surface area contributed by atoms with Gasteiger partial charge in [0.1, 0.15) is 18.8 Å². The number of rotatable bonds is 8. The molecule has 0 aliphatic carbocycles. The van der Waals surface area contributed by atoms with Crippen molar-refractivity contribution < 1.29 is 33.3 Å². The molecule has 2 aromatic carbocycles. The van der Waals surface area contributed by atoms with Gasteiger partial charge in [-0.15, -0.1) is 0 Å². The van der Waals surface area contributed by atoms with Crippen LogP contribution in [0.4, 0.5) is 0 Å². The first kappa shape index (κ1) is 23.4. The Morgan fingerprint density at radius 1 is 0.969 bits per heavy atom. The monoisotopic (exact) mass is 441 g/mol. The van der Waals surface area contributed by atoms with Gasteiger partial charge in [-0.1, -0.05) is 36.4 Å². The van der Waals surface area contributed by atoms with Crippen molar-refractivity contribution in [3.63, 3.8) is 0 Å². The molecule has 0 saturated carbocycles. The quantitative estimate of drug-likeness (QED) is 0.629. The number of esters is 2. The highest BCUT2D eigenvalue weighted by Gasteiger charge is 2.42. The maximum Gasteiger partial charge on any atom is 0.338 e. The first-order valence-corrected chi connectivity index (χ1v) is 10.5. The summed E-state index contributed by atoms with van der Waals surface area (Å²) in [7, 11) is 0. The molecule has 1 N–H and O–H groups in total. The Labute approximate surface area is 186 Å². The molecule has 1 amide bonds. The van der Waals surface area contributed by atoms with Crippen LogP contribution in [0.3, 0.4) is 0 Å². The SMILES string of the molecule is CCOC1OC(COC(=O)c2ccccc2)C(OC(=O)c2ccccc2)CC1NC(C)=O. The van der Waals surface area contributed by atoms with E-state index in [-0.39, 0.29) is 18.9 Å². The lowest BCUT2D eigenvalue weighted by Crippen LogP contribution is -2.57. The molecule has 1 heterocycles. The average Bonchev–Trinajstić information content (AvgIpc) is 2.80. The lowest BCUT2D eigenvalue weighted by atomic mass is 10.00. The maximum atomic E-state index is 12.7. The van der Waals surface area contributed by atoms with E-state index in [1.54, 1.807) is 67.6 Å². The second kappa shape index (κ2) is 11.4. The summed E-state index contributed by atoms with van der Waals surface area (Å²) in [6, 6.07) is 16.6. The van der Waals surface area contributed by atoms with E-state index >= 15 is 0 Å². The third-order valence-corrected chi connectivity index (χ3v) is 4.91. The van der Waals surface area contributed by atoms with Gasteiger partial charge in [0.05, 0.1) is 17.2 Å². The number of benzene rings is 2. The number of ether oxygens (including phenoxy) is 4. The normalized spacial score (nSPS) is 22.6. The number of nitrogens with one attached hydrogen (secondary N) is 1. The van der Waals surface area contributed by atoms with Gasteiger partial charge in [0.25, 0.3) is 0 Å². The Bertz CT molecular complexity index is 903. The van der Waals surface area contributed by atoms with Crippen LogP contribution in [0.1, 0.15) is 41.0 Å². The van der Waals surface area contributed by atoms with Gasteiger partial charge >= 0.3 is 11.9 Å². The van der Waals surface area contributed by atoms with Crippen LogP contribution in [-0.4, -0.2) is 55.6 Å². The predicted molar refractivity (Wildman–Crippen MR) is 115 cm³/mol. The highest BCUT2D eigenvalue weighted by atomic mass is 16.7. The molecule has 8 nitrogen and oxygen atoms in total. The van der Waals surface area contributed by atoms with E-state index in [4.69, 9.17) is 18.9 Å². The molecule has 4 atom stereocenters. The van der Waals surface area contributed by atoms with E-state index < -0.39 is 36.5 Å². The summed E-state index contributed by atoms with van der Waals surface area (Å²) in [5.41, 5.74) is 0.786. The second-order valence-corrected chi connectivity index (χ2v) is 7.32. The molecule has 1 aliphatic rings. The van der Waals surface area contributed by atoms with Crippen LogP contribution in [0.5, 0.6) is 0 Å². The summed E-state index contributed by atoms with van der Waals surface area (Å²) in [6.45, 7) is 3.41. The highest BCUT2D eigenvalue weighted by Crippen LogP contribution is 2.25. The van der Waals surface area contributed by atoms with Gasteiger partial charge in [-0.2, -0.15) is 0 Å². The summed E-state index contributed by atoms with van der Waals surface area (Å²) in [5, 5.41) is 2.78. The lowest BCUT2D eigenvalue weighted by molar-refractivity contribution is -0.239. The van der Waals surface area contributed by atoms with Crippen molar-refractivity contribution in [2.75, 3.05) is 13.2 Å². The first-order chi connectivity index (χ1) is 15.5. The Morgan fingerprint density at radius 3 is 2.12 bits per heavy atom. The minimum atomic E-state index is -0.768. The molecule has 8 heteroatoms. The van der Waals surface area contributed by atoms with Crippen molar-refractivity contribution in [3.05, 3.63) is 71.8 Å². The minimum Gasteiger partial charge on any atom is -0.459 e. The minimum absolute atomic E-state index is 0.142. The summed E-state index contributed by atoms with van der Waals surface area (Å²) < 4.78 is 22.8. The van der Waals surface area contributed by atoms with E-state index in [9.17, 15) is 14.4 Å². The zero-order valence-electron chi connectivity index (χ0n) is 18.1. The van der Waals surface area contributed by atoms with Crippen molar-refractivity contribution in [3.8, 4) is 0 Å². The van der Waals surface area contributed by atoms with Gasteiger partial charge in [0.15, 0.2) is 6.29 Å². The zero-order valence-corrected chi connectivity index (χ0v) is 18.1. The van der Waals surface area contributed by atoms with Crippen molar-refractivity contribution in [2.24, 2.45) is 0 Å². The smallest absolute Gasteiger partial charge is 0.338 e. The molecule has 0 radical (unpaired) electrons. The molecule has 170 valence electrons. The molecule has 1 saturated heterocycles. The predicted octanol–water partition coefficient (Wildman–Crippen LogP) is 2.73. The first-order valence-electron chi connectivity index (χ1n) is 10.5. The standard InChI is InChI=1S/C24H27NO7/c1-3-29-24-19(25-16(2)26)14-20(31-23(28)18-12-8-5-9-13-18)21(32-24)15-30-22(27)17-10-6-4-7-11-17/h4-13,19-21,24H,3,14-15H2,1-2H3,(H,25,26). The Balaban J connectivity index is 1.75. The van der Waals surface area contributed by atoms with Crippen molar-refractivity contribution in [1.29, 1.82) is 0 Å². The fourth-order valence-electron chi connectivity index (χ4n) is 3.44. The third kappa shape index (κ3) is 6.38. The fraction of sp³-hybridized carbons (Fsp3) is 0.375. The third-order valence-electron chi connectivity index (χ3n) is 4.91. The number of hydrogen-bond acceptors (Lipinski definition) is 7. The van der Waals surface area contributed by atoms with Crippen LogP contribution in [0.25, 0.3) is 0 Å². The van der Waals surface area contributed by atoms with Gasteiger partial charge in [0.2, 0.25) is 5.91 Å². The van der Waals surface area contributed by atoms with Crippen LogP contribution >= 0.6 is 0 Å². The molecule has 0 bridgehead atoms. The van der Waals surface area contributed by atoms with Crippen LogP contribution in [0.15, 0.2) is 60.7 Å². The van der Waals surface area contributed by atoms with Crippen molar-refractivity contribution >= 4 is 17.8 Å². The second-order valence-electron chi connectivity index (χ2n) is 7.32. The molecule has 32 heavy (non-hydrogen) atoms. The largest absolute Gasteiger partial charge is 0.459 e. The molecule has 0 aromatic heterocycles. The molecular formula is C24H27NO7. The molecule has 0 spiro atoms. The maximum absolute atomic E-state index is 12.7. The zero-order chi connectivity index (χ0) is 22.9. The molecule has 1 aliphatic heterocycles. The molecular weight excluding hydrogens is 414 g/mol. The van der Waals surface area contributed by atoms with Crippen LogP contribution in [0, 0.1) is 0 Å². The summed E-state index contributed by atoms with van der Waals surface area (Å²) in [6.07, 6.45) is -2.05. The van der Waals surface area contributed by atoms with Crippen molar-refractivity contribution in [2.45, 2.75) is 44.8 Å². The van der Waals surface area contributed by atoms with E-state index in [0.29, 0.717) is 17.7 Å². The van der Waals surface area contributed by atoms with Crippen LogP contribution in [0.2, 0.25) is 0 Å². The summed E-state index contributed by atoms with van der Waals surface area (Å²) in [5.74, 6) is -1.31. The molecule has 1 fully saturated rings. The Kier molecular flexibility index (Phi) is 8.35. The van der Waals surface area contributed by atoms with Crippen LogP contribution in [-0.2, 0) is 23.7 Å². The fourth-order valence-corrected chi connectivity index (χ4v) is 3.44. The number of carbonyl (C=O) groups is 3.